The molecule has 1 unspecified atom stereocenters. The van der Waals surface area contributed by atoms with E-state index >= 15 is 0 Å². The number of nitrogens with two attached hydrogens (primary N) is 1. The van der Waals surface area contributed by atoms with Gasteiger partial charge in [-0.3, -0.25) is 10.1 Å². The molecule has 0 fully saturated rings. The molecule has 1 aromatic rings. The molecule has 0 saturated carbocycles. The molecule has 0 aliphatic carbocycles. The summed E-state index contributed by atoms with van der Waals surface area (Å²) in [5.74, 6) is 0.442. The second-order valence-electron chi connectivity index (χ2n) is 3.67. The normalized spacial score (nSPS) is 12.1. The topological polar surface area (TPSA) is 114 Å². The zero-order valence-corrected chi connectivity index (χ0v) is 9.59. The molecule has 0 bridgehead atoms. The molecule has 7 nitrogen and oxygen atoms in total. The molecule has 1 rings (SSSR count). The van der Waals surface area contributed by atoms with Crippen molar-refractivity contribution < 1.29 is 10.0 Å². The van der Waals surface area contributed by atoms with Crippen LogP contribution in [-0.2, 0) is 0 Å². The number of rotatable bonds is 6. The van der Waals surface area contributed by atoms with Crippen molar-refractivity contribution >= 4 is 17.3 Å². The van der Waals surface area contributed by atoms with Gasteiger partial charge in [0.2, 0.25) is 0 Å². The van der Waals surface area contributed by atoms with Crippen LogP contribution in [0.1, 0.15) is 19.8 Å². The summed E-state index contributed by atoms with van der Waals surface area (Å²) < 4.78 is 0. The van der Waals surface area contributed by atoms with E-state index in [-0.39, 0.29) is 17.6 Å². The summed E-state index contributed by atoms with van der Waals surface area (Å²) >= 11 is 0. The fourth-order valence-electron chi connectivity index (χ4n) is 1.30. The molecular weight excluding hydrogens is 224 g/mol. The number of anilines is 2. The van der Waals surface area contributed by atoms with Crippen LogP contribution in [-0.4, -0.2) is 27.7 Å². The maximum absolute atomic E-state index is 10.6. The van der Waals surface area contributed by atoms with E-state index in [2.05, 4.69) is 10.3 Å². The minimum atomic E-state index is -0.524. The molecule has 0 aromatic carbocycles. The lowest BCUT2D eigenvalue weighted by Gasteiger charge is -2.09. The lowest BCUT2D eigenvalue weighted by atomic mass is 10.2. The van der Waals surface area contributed by atoms with Crippen LogP contribution in [0.2, 0.25) is 0 Å². The standard InChI is InChI=1S/C10H16N4O3/c1-2-8(15)3-4-12-10-6-7(14(16)17)5-9(11)13-10/h5-6,8,15H,2-4H2,1H3,(H3,11,12,13). The van der Waals surface area contributed by atoms with Gasteiger partial charge in [-0.15, -0.1) is 0 Å². The van der Waals surface area contributed by atoms with Crippen molar-refractivity contribution in [3.05, 3.63) is 22.2 Å². The summed E-state index contributed by atoms with van der Waals surface area (Å²) in [5, 5.41) is 22.8. The van der Waals surface area contributed by atoms with Gasteiger partial charge in [-0.2, -0.15) is 0 Å². The van der Waals surface area contributed by atoms with Crippen molar-refractivity contribution in [3.8, 4) is 0 Å². The molecular formula is C10H16N4O3. The first-order valence-electron chi connectivity index (χ1n) is 5.36. The minimum absolute atomic E-state index is 0.0951. The van der Waals surface area contributed by atoms with E-state index in [1.165, 1.54) is 12.1 Å². The number of nitrogen functional groups attached to an aromatic ring is 1. The number of pyridine rings is 1. The van der Waals surface area contributed by atoms with Gasteiger partial charge < -0.3 is 16.2 Å². The molecule has 0 radical (unpaired) electrons. The van der Waals surface area contributed by atoms with Gasteiger partial charge >= 0.3 is 0 Å². The average molecular weight is 240 g/mol. The van der Waals surface area contributed by atoms with Gasteiger partial charge in [0.1, 0.15) is 11.6 Å². The quantitative estimate of drug-likeness (QED) is 0.507. The van der Waals surface area contributed by atoms with E-state index in [9.17, 15) is 15.2 Å². The molecule has 94 valence electrons. The lowest BCUT2D eigenvalue weighted by Crippen LogP contribution is -2.13. The van der Waals surface area contributed by atoms with Crippen LogP contribution < -0.4 is 11.1 Å². The SMILES string of the molecule is CCC(O)CCNc1cc([N+](=O)[O-])cc(N)n1. The van der Waals surface area contributed by atoms with Crippen molar-refractivity contribution in [2.24, 2.45) is 0 Å². The highest BCUT2D eigenvalue weighted by molar-refractivity contribution is 5.52. The number of nitrogens with zero attached hydrogens (tertiary/aromatic N) is 2. The predicted molar refractivity (Wildman–Crippen MR) is 64.7 cm³/mol. The van der Waals surface area contributed by atoms with E-state index in [1.807, 2.05) is 6.92 Å². The highest BCUT2D eigenvalue weighted by atomic mass is 16.6. The Kier molecular flexibility index (Phi) is 4.65. The van der Waals surface area contributed by atoms with Gasteiger partial charge in [0.05, 0.1) is 23.2 Å². The average Bonchev–Trinajstić information content (AvgIpc) is 2.28. The van der Waals surface area contributed by atoms with E-state index in [4.69, 9.17) is 5.73 Å². The fourth-order valence-corrected chi connectivity index (χ4v) is 1.30. The van der Waals surface area contributed by atoms with Crippen LogP contribution in [0.5, 0.6) is 0 Å². The lowest BCUT2D eigenvalue weighted by molar-refractivity contribution is -0.384. The summed E-state index contributed by atoms with van der Waals surface area (Å²) in [6.45, 7) is 2.37. The Morgan fingerprint density at radius 1 is 1.65 bits per heavy atom. The summed E-state index contributed by atoms with van der Waals surface area (Å²) in [4.78, 5) is 14.0. The Balaban J connectivity index is 2.62. The van der Waals surface area contributed by atoms with Crippen molar-refractivity contribution in [2.75, 3.05) is 17.6 Å². The number of nitrogens with one attached hydrogen (secondary N) is 1. The molecule has 7 heteroatoms. The first kappa shape index (κ1) is 13.2. The van der Waals surface area contributed by atoms with Crippen molar-refractivity contribution in [3.63, 3.8) is 0 Å². The van der Waals surface area contributed by atoms with E-state index in [0.29, 0.717) is 25.2 Å². The van der Waals surface area contributed by atoms with Gasteiger partial charge in [0.25, 0.3) is 5.69 Å². The van der Waals surface area contributed by atoms with Crippen molar-refractivity contribution in [2.45, 2.75) is 25.9 Å². The molecule has 0 aliphatic heterocycles. The number of nitro groups is 1. The zero-order chi connectivity index (χ0) is 12.8. The maximum atomic E-state index is 10.6. The van der Waals surface area contributed by atoms with Gasteiger partial charge in [-0.1, -0.05) is 6.92 Å². The second-order valence-corrected chi connectivity index (χ2v) is 3.67. The Labute approximate surface area is 98.8 Å². The summed E-state index contributed by atoms with van der Waals surface area (Å²) in [7, 11) is 0. The third kappa shape index (κ3) is 4.23. The summed E-state index contributed by atoms with van der Waals surface area (Å²) in [6, 6.07) is 2.51. The second kappa shape index (κ2) is 6.00. The van der Waals surface area contributed by atoms with Crippen LogP contribution in [0.25, 0.3) is 0 Å². The zero-order valence-electron chi connectivity index (χ0n) is 9.59. The van der Waals surface area contributed by atoms with Crippen molar-refractivity contribution in [1.29, 1.82) is 0 Å². The predicted octanol–water partition coefficient (Wildman–Crippen LogP) is 1.14. The first-order chi connectivity index (χ1) is 8.02. The number of hydrogen-bond donors (Lipinski definition) is 3. The number of aromatic nitrogens is 1. The van der Waals surface area contributed by atoms with Crippen LogP contribution in [0.3, 0.4) is 0 Å². The Hall–Kier alpha value is -1.89. The third-order valence-electron chi connectivity index (χ3n) is 2.30. The fraction of sp³-hybridized carbons (Fsp3) is 0.500. The van der Waals surface area contributed by atoms with Crippen molar-refractivity contribution in [1.82, 2.24) is 4.98 Å². The largest absolute Gasteiger partial charge is 0.393 e. The van der Waals surface area contributed by atoms with Crippen LogP contribution in [0.15, 0.2) is 12.1 Å². The number of aliphatic hydroxyl groups excluding tert-OH is 1. The first-order valence-corrected chi connectivity index (χ1v) is 5.36. The molecule has 17 heavy (non-hydrogen) atoms. The maximum Gasteiger partial charge on any atom is 0.276 e. The molecule has 1 atom stereocenters. The van der Waals surface area contributed by atoms with Gasteiger partial charge in [-0.05, 0) is 12.8 Å². The minimum Gasteiger partial charge on any atom is -0.393 e. The van der Waals surface area contributed by atoms with E-state index in [0.717, 1.165) is 0 Å². The number of aliphatic hydroxyl groups is 1. The monoisotopic (exact) mass is 240 g/mol. The van der Waals surface area contributed by atoms with E-state index in [1.54, 1.807) is 0 Å². The van der Waals surface area contributed by atoms with E-state index < -0.39 is 4.92 Å². The molecule has 4 N–H and O–H groups in total. The molecule has 0 spiro atoms. The van der Waals surface area contributed by atoms with Crippen LogP contribution in [0.4, 0.5) is 17.3 Å². The third-order valence-corrected chi connectivity index (χ3v) is 2.30. The highest BCUT2D eigenvalue weighted by Crippen LogP contribution is 2.18. The molecule has 1 heterocycles. The molecule has 0 saturated heterocycles. The highest BCUT2D eigenvalue weighted by Gasteiger charge is 2.09. The van der Waals surface area contributed by atoms with Crippen LogP contribution >= 0.6 is 0 Å². The molecule has 0 amide bonds. The van der Waals surface area contributed by atoms with Crippen LogP contribution in [0, 0.1) is 10.1 Å². The van der Waals surface area contributed by atoms with Gasteiger partial charge in [0.15, 0.2) is 0 Å². The summed E-state index contributed by atoms with van der Waals surface area (Å²) in [5.41, 5.74) is 5.35. The molecule has 1 aromatic heterocycles. The van der Waals surface area contributed by atoms with Gasteiger partial charge in [-0.25, -0.2) is 4.98 Å². The smallest absolute Gasteiger partial charge is 0.276 e. The van der Waals surface area contributed by atoms with Gasteiger partial charge in [0, 0.05) is 6.54 Å². The summed E-state index contributed by atoms with van der Waals surface area (Å²) in [6.07, 6.45) is 0.853. The Morgan fingerprint density at radius 3 is 2.94 bits per heavy atom. The number of hydrogen-bond acceptors (Lipinski definition) is 6. The Morgan fingerprint density at radius 2 is 2.35 bits per heavy atom. The molecule has 0 aliphatic rings. The Bertz CT molecular complexity index is 397.